The summed E-state index contributed by atoms with van der Waals surface area (Å²) in [6.45, 7) is 3.85. The summed E-state index contributed by atoms with van der Waals surface area (Å²) in [5, 5.41) is 1.91. The van der Waals surface area contributed by atoms with E-state index in [1.54, 1.807) is 22.8 Å². The standard InChI is InChI=1S/C29H32Cl2N4O3/c1-18(36)34-12-9-19(10-13-34)28(37)35-14-11-27(22(17-35)20-7-8-23(30)24(31)15-20)33(2)29(38)26-16-21-5-3-4-6-25(21)32-26/h3-8,15-16,19,22,27,32H,9-14,17H2,1-2H3/t22-,27+/m0/s1. The van der Waals surface area contributed by atoms with Gasteiger partial charge in [-0.2, -0.15) is 0 Å². The van der Waals surface area contributed by atoms with Gasteiger partial charge in [0.05, 0.1) is 10.0 Å². The minimum absolute atomic E-state index is 0.0547. The predicted octanol–water partition coefficient (Wildman–Crippen LogP) is 5.19. The van der Waals surface area contributed by atoms with Crippen molar-refractivity contribution in [3.05, 3.63) is 69.8 Å². The molecule has 1 aromatic heterocycles. The highest BCUT2D eigenvalue weighted by Crippen LogP contribution is 2.35. The molecule has 2 saturated heterocycles. The number of rotatable bonds is 4. The molecular formula is C29H32Cl2N4O3. The number of carbonyl (C=O) groups excluding carboxylic acids is 3. The number of aromatic nitrogens is 1. The Hall–Kier alpha value is -3.03. The molecule has 2 atom stereocenters. The van der Waals surface area contributed by atoms with Crippen LogP contribution in [-0.2, 0) is 9.59 Å². The van der Waals surface area contributed by atoms with E-state index in [4.69, 9.17) is 23.2 Å². The van der Waals surface area contributed by atoms with Crippen LogP contribution in [0.15, 0.2) is 48.5 Å². The molecule has 0 radical (unpaired) electrons. The molecule has 2 aromatic carbocycles. The molecule has 0 aliphatic carbocycles. The van der Waals surface area contributed by atoms with Crippen LogP contribution in [-0.4, -0.2) is 76.7 Å². The number of likely N-dealkylation sites (tertiary alicyclic amines) is 2. The highest BCUT2D eigenvalue weighted by atomic mass is 35.5. The second kappa shape index (κ2) is 11.0. The van der Waals surface area contributed by atoms with Gasteiger partial charge < -0.3 is 19.7 Å². The van der Waals surface area contributed by atoms with Crippen molar-refractivity contribution in [2.24, 2.45) is 5.92 Å². The van der Waals surface area contributed by atoms with Crippen molar-refractivity contribution in [1.82, 2.24) is 19.7 Å². The smallest absolute Gasteiger partial charge is 0.270 e. The Morgan fingerprint density at radius 3 is 2.32 bits per heavy atom. The molecule has 3 aromatic rings. The Kier molecular flexibility index (Phi) is 7.68. The molecule has 200 valence electrons. The van der Waals surface area contributed by atoms with Crippen LogP contribution in [0.5, 0.6) is 0 Å². The largest absolute Gasteiger partial charge is 0.351 e. The van der Waals surface area contributed by atoms with E-state index in [-0.39, 0.29) is 35.6 Å². The SMILES string of the molecule is CC(=O)N1CCC(C(=O)N2CC[C@@H](N(C)C(=O)c3cc4ccccc4[nH]3)[C@H](c3ccc(Cl)c(Cl)c3)C2)CC1. The van der Waals surface area contributed by atoms with Crippen molar-refractivity contribution in [3.8, 4) is 0 Å². The zero-order valence-corrected chi connectivity index (χ0v) is 23.1. The Morgan fingerprint density at radius 1 is 0.921 bits per heavy atom. The molecule has 3 amide bonds. The third-order valence-electron chi connectivity index (χ3n) is 8.13. The van der Waals surface area contributed by atoms with Crippen LogP contribution in [0.1, 0.15) is 48.2 Å². The summed E-state index contributed by atoms with van der Waals surface area (Å²) < 4.78 is 0. The van der Waals surface area contributed by atoms with E-state index in [0.29, 0.717) is 61.2 Å². The number of piperidine rings is 2. The topological polar surface area (TPSA) is 76.7 Å². The number of carbonyl (C=O) groups is 3. The fourth-order valence-electron chi connectivity index (χ4n) is 5.90. The number of halogens is 2. The molecule has 7 nitrogen and oxygen atoms in total. The second-order valence-electron chi connectivity index (χ2n) is 10.4. The van der Waals surface area contributed by atoms with Crippen molar-refractivity contribution in [3.63, 3.8) is 0 Å². The van der Waals surface area contributed by atoms with E-state index in [9.17, 15) is 14.4 Å². The molecule has 3 heterocycles. The minimum Gasteiger partial charge on any atom is -0.351 e. The van der Waals surface area contributed by atoms with Crippen LogP contribution in [0.3, 0.4) is 0 Å². The van der Waals surface area contributed by atoms with E-state index >= 15 is 0 Å². The van der Waals surface area contributed by atoms with Crippen LogP contribution in [0.25, 0.3) is 10.9 Å². The zero-order chi connectivity index (χ0) is 27.0. The number of hydrogen-bond donors (Lipinski definition) is 1. The first-order chi connectivity index (χ1) is 18.2. The summed E-state index contributed by atoms with van der Waals surface area (Å²) in [7, 11) is 1.83. The van der Waals surface area contributed by atoms with Gasteiger partial charge >= 0.3 is 0 Å². The van der Waals surface area contributed by atoms with Crippen molar-refractivity contribution >= 4 is 51.8 Å². The number of benzene rings is 2. The number of nitrogens with zero attached hydrogens (tertiary/aromatic N) is 3. The lowest BCUT2D eigenvalue weighted by molar-refractivity contribution is -0.141. The lowest BCUT2D eigenvalue weighted by atomic mass is 9.84. The van der Waals surface area contributed by atoms with Crippen molar-refractivity contribution in [2.75, 3.05) is 33.2 Å². The normalized spacial score (nSPS) is 20.5. The number of fused-ring (bicyclic) bond motifs is 1. The molecule has 0 saturated carbocycles. The number of para-hydroxylation sites is 1. The molecule has 2 aliphatic rings. The van der Waals surface area contributed by atoms with E-state index in [2.05, 4.69) is 4.98 Å². The van der Waals surface area contributed by atoms with Gasteiger partial charge in [0.15, 0.2) is 0 Å². The highest BCUT2D eigenvalue weighted by Gasteiger charge is 2.39. The maximum absolute atomic E-state index is 13.6. The number of likely N-dealkylation sites (N-methyl/N-ethyl adjacent to an activating group) is 1. The highest BCUT2D eigenvalue weighted by molar-refractivity contribution is 6.42. The van der Waals surface area contributed by atoms with Gasteiger partial charge in [-0.3, -0.25) is 14.4 Å². The van der Waals surface area contributed by atoms with Crippen LogP contribution in [0.2, 0.25) is 10.0 Å². The molecule has 0 spiro atoms. The molecule has 38 heavy (non-hydrogen) atoms. The van der Waals surface area contributed by atoms with E-state index < -0.39 is 0 Å². The van der Waals surface area contributed by atoms with E-state index in [1.807, 2.05) is 54.4 Å². The van der Waals surface area contributed by atoms with Gasteiger partial charge in [-0.25, -0.2) is 0 Å². The number of nitrogens with one attached hydrogen (secondary N) is 1. The molecular weight excluding hydrogens is 523 g/mol. The number of hydrogen-bond acceptors (Lipinski definition) is 3. The van der Waals surface area contributed by atoms with Crippen LogP contribution in [0.4, 0.5) is 0 Å². The first-order valence-electron chi connectivity index (χ1n) is 13.1. The van der Waals surface area contributed by atoms with E-state index in [1.165, 1.54) is 0 Å². The van der Waals surface area contributed by atoms with Crippen molar-refractivity contribution < 1.29 is 14.4 Å². The Bertz CT molecular complexity index is 1330. The number of H-pyrrole nitrogens is 1. The first kappa shape index (κ1) is 26.6. The monoisotopic (exact) mass is 554 g/mol. The summed E-state index contributed by atoms with van der Waals surface area (Å²) in [6.07, 6.45) is 1.99. The fourth-order valence-corrected chi connectivity index (χ4v) is 6.21. The van der Waals surface area contributed by atoms with Gasteiger partial charge in [0.1, 0.15) is 5.69 Å². The number of amides is 3. The zero-order valence-electron chi connectivity index (χ0n) is 21.6. The summed E-state index contributed by atoms with van der Waals surface area (Å²) in [5.74, 6) is -0.131. The van der Waals surface area contributed by atoms with E-state index in [0.717, 1.165) is 16.5 Å². The average Bonchev–Trinajstić information content (AvgIpc) is 3.37. The second-order valence-corrected chi connectivity index (χ2v) is 11.2. The molecule has 9 heteroatoms. The Balaban J connectivity index is 1.38. The molecule has 1 N–H and O–H groups in total. The summed E-state index contributed by atoms with van der Waals surface area (Å²) in [4.78, 5) is 47.6. The summed E-state index contributed by atoms with van der Waals surface area (Å²) in [6, 6.07) is 15.1. The molecule has 5 rings (SSSR count). The lowest BCUT2D eigenvalue weighted by Gasteiger charge is -2.44. The predicted molar refractivity (Wildman–Crippen MR) is 150 cm³/mol. The third-order valence-corrected chi connectivity index (χ3v) is 8.87. The van der Waals surface area contributed by atoms with Gasteiger partial charge in [-0.05, 0) is 49.1 Å². The Morgan fingerprint density at radius 2 is 1.63 bits per heavy atom. The molecule has 0 bridgehead atoms. The maximum Gasteiger partial charge on any atom is 0.270 e. The van der Waals surface area contributed by atoms with Gasteiger partial charge in [0.2, 0.25) is 11.8 Å². The summed E-state index contributed by atoms with van der Waals surface area (Å²) in [5.41, 5.74) is 2.41. The molecule has 2 aliphatic heterocycles. The Labute approximate surface area is 232 Å². The van der Waals surface area contributed by atoms with Crippen molar-refractivity contribution in [2.45, 2.75) is 38.1 Å². The van der Waals surface area contributed by atoms with Crippen LogP contribution >= 0.6 is 23.2 Å². The third kappa shape index (κ3) is 5.27. The first-order valence-corrected chi connectivity index (χ1v) is 13.8. The van der Waals surface area contributed by atoms with Gasteiger partial charge in [-0.15, -0.1) is 0 Å². The average molecular weight is 556 g/mol. The molecule has 0 unspecified atom stereocenters. The van der Waals surface area contributed by atoms with Crippen LogP contribution < -0.4 is 0 Å². The lowest BCUT2D eigenvalue weighted by Crippen LogP contribution is -2.53. The fraction of sp³-hybridized carbons (Fsp3) is 0.414. The minimum atomic E-state index is -0.130. The summed E-state index contributed by atoms with van der Waals surface area (Å²) >= 11 is 12.6. The van der Waals surface area contributed by atoms with Gasteiger partial charge in [0, 0.05) is 68.9 Å². The van der Waals surface area contributed by atoms with Crippen molar-refractivity contribution in [1.29, 1.82) is 0 Å². The molecule has 2 fully saturated rings. The maximum atomic E-state index is 13.6. The van der Waals surface area contributed by atoms with Crippen LogP contribution in [0, 0.1) is 5.92 Å². The van der Waals surface area contributed by atoms with Gasteiger partial charge in [-0.1, -0.05) is 47.5 Å². The number of aromatic amines is 1. The quantitative estimate of drug-likeness (QED) is 0.482. The van der Waals surface area contributed by atoms with Gasteiger partial charge in [0.25, 0.3) is 5.91 Å².